The Bertz CT molecular complexity index is 1100. The third-order valence-corrected chi connectivity index (χ3v) is 5.15. The van der Waals surface area contributed by atoms with Crippen molar-refractivity contribution in [1.29, 1.82) is 0 Å². The van der Waals surface area contributed by atoms with Crippen LogP contribution in [0.1, 0.15) is 25.5 Å². The fourth-order valence-electron chi connectivity index (χ4n) is 2.90. The standard InChI is InChI=1S/2C11H13N3OS/c2*1-2-14-10(12-13-11(14)16)8-15-9-6-4-3-5-7-9/h2*3-7H,2,8H2,1H3,(H,13,16). The fourth-order valence-corrected chi connectivity index (χ4v) is 3.46. The van der Waals surface area contributed by atoms with Gasteiger partial charge in [0.1, 0.15) is 24.7 Å². The average molecular weight is 471 g/mol. The smallest absolute Gasteiger partial charge is 0.195 e. The first-order valence-corrected chi connectivity index (χ1v) is 11.1. The lowest BCUT2D eigenvalue weighted by Crippen LogP contribution is -2.06. The Morgan fingerprint density at radius 3 is 1.41 bits per heavy atom. The molecule has 0 saturated heterocycles. The van der Waals surface area contributed by atoms with Gasteiger partial charge in [0.05, 0.1) is 0 Å². The van der Waals surface area contributed by atoms with Crippen molar-refractivity contribution < 1.29 is 9.47 Å². The van der Waals surface area contributed by atoms with Crippen molar-refractivity contribution in [3.63, 3.8) is 0 Å². The highest BCUT2D eigenvalue weighted by Gasteiger charge is 2.05. The quantitative estimate of drug-likeness (QED) is 0.349. The van der Waals surface area contributed by atoms with Gasteiger partial charge in [-0.15, -0.1) is 0 Å². The van der Waals surface area contributed by atoms with Crippen LogP contribution < -0.4 is 9.47 Å². The molecule has 0 bridgehead atoms. The first-order valence-electron chi connectivity index (χ1n) is 10.3. The van der Waals surface area contributed by atoms with Crippen LogP contribution in [0.4, 0.5) is 0 Å². The summed E-state index contributed by atoms with van der Waals surface area (Å²) in [5.41, 5.74) is 0. The molecule has 4 aromatic rings. The molecule has 0 fully saturated rings. The number of benzene rings is 2. The number of aromatic amines is 2. The minimum atomic E-state index is 0.422. The van der Waals surface area contributed by atoms with Crippen molar-refractivity contribution in [2.75, 3.05) is 0 Å². The van der Waals surface area contributed by atoms with E-state index in [1.165, 1.54) is 0 Å². The van der Waals surface area contributed by atoms with Crippen LogP contribution in [0, 0.1) is 9.54 Å². The van der Waals surface area contributed by atoms with Crippen LogP contribution in [0.3, 0.4) is 0 Å². The summed E-state index contributed by atoms with van der Waals surface area (Å²) < 4.78 is 16.3. The number of ether oxygens (including phenoxy) is 2. The maximum Gasteiger partial charge on any atom is 0.195 e. The number of hydrogen-bond acceptors (Lipinski definition) is 6. The zero-order chi connectivity index (χ0) is 22.8. The van der Waals surface area contributed by atoms with Gasteiger partial charge in [-0.3, -0.25) is 10.2 Å². The molecular formula is C22H26N6O2S2. The first-order chi connectivity index (χ1) is 15.6. The van der Waals surface area contributed by atoms with Crippen LogP contribution in [-0.2, 0) is 26.3 Å². The van der Waals surface area contributed by atoms with Crippen LogP contribution in [0.15, 0.2) is 60.7 Å². The zero-order valence-corrected chi connectivity index (χ0v) is 19.7. The van der Waals surface area contributed by atoms with E-state index in [-0.39, 0.29) is 0 Å². The number of aromatic nitrogens is 6. The molecule has 0 atom stereocenters. The van der Waals surface area contributed by atoms with Crippen LogP contribution in [-0.4, -0.2) is 29.5 Å². The molecule has 0 saturated carbocycles. The van der Waals surface area contributed by atoms with Crippen molar-refractivity contribution in [2.24, 2.45) is 0 Å². The van der Waals surface area contributed by atoms with Gasteiger partial charge >= 0.3 is 0 Å². The number of para-hydroxylation sites is 2. The third kappa shape index (κ3) is 6.38. The van der Waals surface area contributed by atoms with E-state index >= 15 is 0 Å². The normalized spacial score (nSPS) is 10.3. The molecule has 32 heavy (non-hydrogen) atoms. The maximum absolute atomic E-state index is 5.60. The first kappa shape index (κ1) is 23.4. The van der Waals surface area contributed by atoms with Crippen molar-refractivity contribution >= 4 is 24.4 Å². The van der Waals surface area contributed by atoms with Gasteiger partial charge in [-0.1, -0.05) is 36.4 Å². The van der Waals surface area contributed by atoms with Crippen molar-refractivity contribution in [3.8, 4) is 11.5 Å². The Morgan fingerprint density at radius 1 is 0.688 bits per heavy atom. The molecule has 0 amide bonds. The lowest BCUT2D eigenvalue weighted by atomic mass is 10.3. The SMILES string of the molecule is CCn1c(COc2ccccc2)n[nH]c1=S.CCn1c(COc2ccccc2)n[nH]c1=S. The van der Waals surface area contributed by atoms with Crippen molar-refractivity contribution in [3.05, 3.63) is 81.9 Å². The number of H-pyrrole nitrogens is 2. The monoisotopic (exact) mass is 470 g/mol. The zero-order valence-electron chi connectivity index (χ0n) is 18.0. The molecule has 10 heteroatoms. The second-order valence-electron chi connectivity index (χ2n) is 6.58. The molecule has 8 nitrogen and oxygen atoms in total. The fraction of sp³-hybridized carbons (Fsp3) is 0.273. The summed E-state index contributed by atoms with van der Waals surface area (Å²) in [4.78, 5) is 0. The highest BCUT2D eigenvalue weighted by Crippen LogP contribution is 2.11. The summed E-state index contributed by atoms with van der Waals surface area (Å²) in [5.74, 6) is 3.30. The third-order valence-electron chi connectivity index (χ3n) is 4.53. The summed E-state index contributed by atoms with van der Waals surface area (Å²) in [7, 11) is 0. The highest BCUT2D eigenvalue weighted by molar-refractivity contribution is 7.71. The number of nitrogens with one attached hydrogen (secondary N) is 2. The van der Waals surface area contributed by atoms with E-state index in [0.717, 1.165) is 36.2 Å². The Balaban J connectivity index is 0.000000181. The summed E-state index contributed by atoms with van der Waals surface area (Å²) in [6.45, 7) is 6.48. The number of hydrogen-bond donors (Lipinski definition) is 2. The van der Waals surface area contributed by atoms with Crippen LogP contribution >= 0.6 is 24.4 Å². The van der Waals surface area contributed by atoms with Crippen LogP contribution in [0.25, 0.3) is 0 Å². The topological polar surface area (TPSA) is 85.7 Å². The largest absolute Gasteiger partial charge is 0.486 e. The molecule has 0 unspecified atom stereocenters. The Hall–Kier alpha value is -3.24. The predicted octanol–water partition coefficient (Wildman–Crippen LogP) is 5.08. The van der Waals surface area contributed by atoms with E-state index in [9.17, 15) is 0 Å². The second-order valence-corrected chi connectivity index (χ2v) is 7.36. The van der Waals surface area contributed by atoms with E-state index in [2.05, 4.69) is 20.4 Å². The summed E-state index contributed by atoms with van der Waals surface area (Å²) in [5, 5.41) is 13.8. The average Bonchev–Trinajstić information content (AvgIpc) is 3.38. The molecule has 0 aliphatic rings. The van der Waals surface area contributed by atoms with E-state index in [1.807, 2.05) is 83.6 Å². The summed E-state index contributed by atoms with van der Waals surface area (Å²) >= 11 is 10.2. The van der Waals surface area contributed by atoms with Crippen molar-refractivity contribution in [1.82, 2.24) is 29.5 Å². The van der Waals surface area contributed by atoms with Gasteiger partial charge in [-0.25, -0.2) is 0 Å². The Labute approximate surface area is 196 Å². The van der Waals surface area contributed by atoms with E-state index in [0.29, 0.717) is 22.8 Å². The molecule has 0 spiro atoms. The van der Waals surface area contributed by atoms with E-state index < -0.39 is 0 Å². The lowest BCUT2D eigenvalue weighted by molar-refractivity contribution is 0.289. The van der Waals surface area contributed by atoms with Gasteiger partial charge in [-0.05, 0) is 62.5 Å². The molecule has 0 aliphatic carbocycles. The van der Waals surface area contributed by atoms with E-state index in [4.69, 9.17) is 33.9 Å². The molecule has 168 valence electrons. The minimum Gasteiger partial charge on any atom is -0.486 e. The second kappa shape index (κ2) is 12.0. The van der Waals surface area contributed by atoms with Gasteiger partial charge in [-0.2, -0.15) is 10.2 Å². The number of nitrogens with zero attached hydrogens (tertiary/aromatic N) is 4. The molecule has 0 aliphatic heterocycles. The molecule has 2 heterocycles. The lowest BCUT2D eigenvalue weighted by Gasteiger charge is -2.06. The van der Waals surface area contributed by atoms with Gasteiger partial charge in [0.15, 0.2) is 21.2 Å². The van der Waals surface area contributed by atoms with Gasteiger partial charge in [0, 0.05) is 13.1 Å². The molecule has 0 radical (unpaired) electrons. The predicted molar refractivity (Wildman–Crippen MR) is 128 cm³/mol. The van der Waals surface area contributed by atoms with Gasteiger partial charge in [0.2, 0.25) is 0 Å². The molecule has 4 rings (SSSR count). The van der Waals surface area contributed by atoms with E-state index in [1.54, 1.807) is 0 Å². The maximum atomic E-state index is 5.60. The van der Waals surface area contributed by atoms with Gasteiger partial charge < -0.3 is 18.6 Å². The van der Waals surface area contributed by atoms with Crippen LogP contribution in [0.2, 0.25) is 0 Å². The molecular weight excluding hydrogens is 444 g/mol. The van der Waals surface area contributed by atoms with Gasteiger partial charge in [0.25, 0.3) is 0 Å². The molecule has 2 aromatic heterocycles. The minimum absolute atomic E-state index is 0.422. The molecule has 2 aromatic carbocycles. The Morgan fingerprint density at radius 2 is 1.06 bits per heavy atom. The summed E-state index contributed by atoms with van der Waals surface area (Å²) in [6.07, 6.45) is 0. The highest BCUT2D eigenvalue weighted by atomic mass is 32.1. The number of rotatable bonds is 8. The molecule has 2 N–H and O–H groups in total. The Kier molecular flexibility index (Phi) is 8.76. The van der Waals surface area contributed by atoms with Crippen LogP contribution in [0.5, 0.6) is 11.5 Å². The summed E-state index contributed by atoms with van der Waals surface area (Å²) in [6, 6.07) is 19.3. The van der Waals surface area contributed by atoms with Crippen molar-refractivity contribution in [2.45, 2.75) is 40.2 Å².